The molecule has 0 bridgehead atoms. The third kappa shape index (κ3) is 4.46. The molecule has 0 radical (unpaired) electrons. The van der Waals surface area contributed by atoms with Gasteiger partial charge in [0.25, 0.3) is 0 Å². The summed E-state index contributed by atoms with van der Waals surface area (Å²) in [6.45, 7) is 10.2. The SMILES string of the molecule is CCOC(=O)C(CCN1CCC(CC)(CC)C1)NC. The molecule has 1 heterocycles. The second-order valence-corrected chi connectivity index (χ2v) is 5.62. The lowest BCUT2D eigenvalue weighted by Crippen LogP contribution is -2.39. The molecule has 1 unspecified atom stereocenters. The van der Waals surface area contributed by atoms with Crippen molar-refractivity contribution in [1.29, 1.82) is 0 Å². The van der Waals surface area contributed by atoms with Crippen LogP contribution >= 0.6 is 0 Å². The molecule has 1 fully saturated rings. The third-order valence-corrected chi connectivity index (χ3v) is 4.67. The molecule has 19 heavy (non-hydrogen) atoms. The second-order valence-electron chi connectivity index (χ2n) is 5.62. The molecule has 112 valence electrons. The van der Waals surface area contributed by atoms with E-state index in [1.165, 1.54) is 32.4 Å². The average Bonchev–Trinajstić information content (AvgIpc) is 2.84. The highest BCUT2D eigenvalue weighted by Gasteiger charge is 2.34. The predicted octanol–water partition coefficient (Wildman–Crippen LogP) is 2.04. The highest BCUT2D eigenvalue weighted by atomic mass is 16.5. The number of nitrogens with one attached hydrogen (secondary N) is 1. The van der Waals surface area contributed by atoms with Gasteiger partial charge in [-0.3, -0.25) is 4.79 Å². The standard InChI is InChI=1S/C15H30N2O2/c1-5-15(6-2)9-11-17(12-15)10-8-13(16-4)14(18)19-7-3/h13,16H,5-12H2,1-4H3. The first-order valence-corrected chi connectivity index (χ1v) is 7.67. The van der Waals surface area contributed by atoms with Crippen LogP contribution in [0.5, 0.6) is 0 Å². The minimum atomic E-state index is -0.168. The molecule has 4 heteroatoms. The van der Waals surface area contributed by atoms with Gasteiger partial charge < -0.3 is 15.0 Å². The van der Waals surface area contributed by atoms with Crippen LogP contribution in [0.15, 0.2) is 0 Å². The topological polar surface area (TPSA) is 41.6 Å². The van der Waals surface area contributed by atoms with Gasteiger partial charge in [0.15, 0.2) is 0 Å². The van der Waals surface area contributed by atoms with Gasteiger partial charge in [-0.15, -0.1) is 0 Å². The number of likely N-dealkylation sites (N-methyl/N-ethyl adjacent to an activating group) is 1. The highest BCUT2D eigenvalue weighted by Crippen LogP contribution is 2.36. The fourth-order valence-electron chi connectivity index (χ4n) is 2.98. The number of carbonyl (C=O) groups is 1. The van der Waals surface area contributed by atoms with Crippen molar-refractivity contribution < 1.29 is 9.53 Å². The Morgan fingerprint density at radius 1 is 1.37 bits per heavy atom. The summed E-state index contributed by atoms with van der Waals surface area (Å²) in [6, 6.07) is -0.168. The number of ether oxygens (including phenoxy) is 1. The zero-order valence-electron chi connectivity index (χ0n) is 13.0. The van der Waals surface area contributed by atoms with E-state index in [9.17, 15) is 4.79 Å². The summed E-state index contributed by atoms with van der Waals surface area (Å²) < 4.78 is 5.07. The van der Waals surface area contributed by atoms with Crippen LogP contribution in [0.2, 0.25) is 0 Å². The number of hydrogen-bond donors (Lipinski definition) is 1. The molecule has 1 saturated heterocycles. The summed E-state index contributed by atoms with van der Waals surface area (Å²) in [4.78, 5) is 14.2. The van der Waals surface area contributed by atoms with Gasteiger partial charge in [0.2, 0.25) is 0 Å². The summed E-state index contributed by atoms with van der Waals surface area (Å²) in [5, 5.41) is 3.06. The summed E-state index contributed by atoms with van der Waals surface area (Å²) >= 11 is 0. The lowest BCUT2D eigenvalue weighted by atomic mass is 9.82. The van der Waals surface area contributed by atoms with Crippen molar-refractivity contribution >= 4 is 5.97 Å². The average molecular weight is 270 g/mol. The Hall–Kier alpha value is -0.610. The minimum absolute atomic E-state index is 0.124. The zero-order chi connectivity index (χ0) is 14.3. The molecule has 1 aliphatic rings. The Balaban J connectivity index is 2.38. The number of rotatable bonds is 8. The summed E-state index contributed by atoms with van der Waals surface area (Å²) in [7, 11) is 1.83. The number of esters is 1. The van der Waals surface area contributed by atoms with Gasteiger partial charge >= 0.3 is 5.97 Å². The smallest absolute Gasteiger partial charge is 0.323 e. The molecule has 0 spiro atoms. The largest absolute Gasteiger partial charge is 0.465 e. The van der Waals surface area contributed by atoms with Crippen LogP contribution in [-0.2, 0) is 9.53 Å². The maximum Gasteiger partial charge on any atom is 0.323 e. The van der Waals surface area contributed by atoms with E-state index >= 15 is 0 Å². The maximum atomic E-state index is 11.7. The quantitative estimate of drug-likeness (QED) is 0.685. The molecular weight excluding hydrogens is 240 g/mol. The highest BCUT2D eigenvalue weighted by molar-refractivity contribution is 5.75. The van der Waals surface area contributed by atoms with Crippen molar-refractivity contribution in [3.8, 4) is 0 Å². The van der Waals surface area contributed by atoms with Gasteiger partial charge in [0.1, 0.15) is 6.04 Å². The summed E-state index contributed by atoms with van der Waals surface area (Å²) in [5.74, 6) is -0.124. The van der Waals surface area contributed by atoms with Crippen LogP contribution in [0.1, 0.15) is 46.5 Å². The number of nitrogens with zero attached hydrogens (tertiary/aromatic N) is 1. The van der Waals surface area contributed by atoms with E-state index < -0.39 is 0 Å². The van der Waals surface area contributed by atoms with Gasteiger partial charge in [-0.2, -0.15) is 0 Å². The van der Waals surface area contributed by atoms with E-state index in [2.05, 4.69) is 24.1 Å². The lowest BCUT2D eigenvalue weighted by molar-refractivity contribution is -0.145. The van der Waals surface area contributed by atoms with E-state index in [0.717, 1.165) is 13.0 Å². The Morgan fingerprint density at radius 2 is 2.05 bits per heavy atom. The van der Waals surface area contributed by atoms with E-state index in [1.54, 1.807) is 0 Å². The molecule has 0 aromatic heterocycles. The van der Waals surface area contributed by atoms with E-state index in [4.69, 9.17) is 4.74 Å². The first kappa shape index (κ1) is 16.4. The molecule has 0 saturated carbocycles. The third-order valence-electron chi connectivity index (χ3n) is 4.67. The molecule has 0 aromatic carbocycles. The molecule has 0 aromatic rings. The van der Waals surface area contributed by atoms with Crippen LogP contribution in [0.4, 0.5) is 0 Å². The normalized spacial score (nSPS) is 20.4. The Kier molecular flexibility index (Phi) is 6.80. The second kappa shape index (κ2) is 7.85. The first-order valence-electron chi connectivity index (χ1n) is 7.67. The Labute approximate surface area is 117 Å². The van der Waals surface area contributed by atoms with E-state index in [1.807, 2.05) is 14.0 Å². The fraction of sp³-hybridized carbons (Fsp3) is 0.933. The van der Waals surface area contributed by atoms with Crippen molar-refractivity contribution in [2.24, 2.45) is 5.41 Å². The van der Waals surface area contributed by atoms with Crippen LogP contribution in [-0.4, -0.2) is 50.2 Å². The van der Waals surface area contributed by atoms with Crippen molar-refractivity contribution in [2.75, 3.05) is 33.3 Å². The van der Waals surface area contributed by atoms with Crippen molar-refractivity contribution in [2.45, 2.75) is 52.5 Å². The van der Waals surface area contributed by atoms with Crippen LogP contribution < -0.4 is 5.32 Å². The molecular formula is C15H30N2O2. The molecule has 0 aliphatic carbocycles. The Morgan fingerprint density at radius 3 is 2.53 bits per heavy atom. The minimum Gasteiger partial charge on any atom is -0.465 e. The number of hydrogen-bond acceptors (Lipinski definition) is 4. The van der Waals surface area contributed by atoms with Crippen molar-refractivity contribution in [1.82, 2.24) is 10.2 Å². The van der Waals surface area contributed by atoms with Gasteiger partial charge in [0.05, 0.1) is 6.61 Å². The van der Waals surface area contributed by atoms with Gasteiger partial charge in [-0.25, -0.2) is 0 Å². The number of likely N-dealkylation sites (tertiary alicyclic amines) is 1. The van der Waals surface area contributed by atoms with Gasteiger partial charge in [0, 0.05) is 13.1 Å². The molecule has 1 rings (SSSR count). The predicted molar refractivity (Wildman–Crippen MR) is 78.2 cm³/mol. The molecule has 0 amide bonds. The van der Waals surface area contributed by atoms with Crippen molar-refractivity contribution in [3.63, 3.8) is 0 Å². The zero-order valence-corrected chi connectivity index (χ0v) is 13.0. The van der Waals surface area contributed by atoms with E-state index in [0.29, 0.717) is 12.0 Å². The van der Waals surface area contributed by atoms with Crippen molar-refractivity contribution in [3.05, 3.63) is 0 Å². The van der Waals surface area contributed by atoms with E-state index in [-0.39, 0.29) is 12.0 Å². The lowest BCUT2D eigenvalue weighted by Gasteiger charge is -2.27. The van der Waals surface area contributed by atoms with Crippen LogP contribution in [0.3, 0.4) is 0 Å². The van der Waals surface area contributed by atoms with Crippen LogP contribution in [0.25, 0.3) is 0 Å². The summed E-state index contributed by atoms with van der Waals surface area (Å²) in [5.41, 5.74) is 0.513. The number of carbonyl (C=O) groups excluding carboxylic acids is 1. The molecule has 4 nitrogen and oxygen atoms in total. The molecule has 1 aliphatic heterocycles. The summed E-state index contributed by atoms with van der Waals surface area (Å²) in [6.07, 6.45) is 4.64. The fourth-order valence-corrected chi connectivity index (χ4v) is 2.98. The maximum absolute atomic E-state index is 11.7. The van der Waals surface area contributed by atoms with Gasteiger partial charge in [-0.1, -0.05) is 13.8 Å². The first-order chi connectivity index (χ1) is 9.10. The molecule has 1 N–H and O–H groups in total. The monoisotopic (exact) mass is 270 g/mol. The van der Waals surface area contributed by atoms with Gasteiger partial charge in [-0.05, 0) is 51.6 Å². The Bertz CT molecular complexity index is 277. The van der Waals surface area contributed by atoms with Crippen LogP contribution in [0, 0.1) is 5.41 Å². The molecule has 1 atom stereocenters.